The van der Waals surface area contributed by atoms with Gasteiger partial charge in [0, 0.05) is 11.0 Å². The van der Waals surface area contributed by atoms with Crippen LogP contribution >= 0.6 is 0 Å². The zero-order valence-electron chi connectivity index (χ0n) is 14.0. The number of nitrogens with zero attached hydrogens (tertiary/aromatic N) is 4. The van der Waals surface area contributed by atoms with E-state index in [9.17, 15) is 13.2 Å². The number of rotatable bonds is 3. The van der Waals surface area contributed by atoms with E-state index in [4.69, 9.17) is 4.74 Å². The maximum Gasteiger partial charge on any atom is 0.422 e. The van der Waals surface area contributed by atoms with Crippen molar-refractivity contribution >= 4 is 5.65 Å². The molecule has 0 amide bonds. The number of alkyl halides is 3. The molecule has 0 aliphatic heterocycles. The molecule has 0 unspecified atom stereocenters. The molecule has 25 heavy (non-hydrogen) atoms. The molecule has 0 fully saturated rings. The van der Waals surface area contributed by atoms with Crippen molar-refractivity contribution in [3.8, 4) is 17.0 Å². The molecule has 0 saturated carbocycles. The van der Waals surface area contributed by atoms with Crippen LogP contribution in [0.2, 0.25) is 0 Å². The van der Waals surface area contributed by atoms with Crippen LogP contribution in [0.1, 0.15) is 26.6 Å². The topological polar surface area (TPSA) is 52.3 Å². The maximum atomic E-state index is 12.2. The second-order valence-electron chi connectivity index (χ2n) is 6.69. The first-order chi connectivity index (χ1) is 11.6. The fraction of sp³-hybridized carbons (Fsp3) is 0.353. The molecule has 0 spiro atoms. The van der Waals surface area contributed by atoms with E-state index in [2.05, 4.69) is 15.3 Å². The zero-order valence-corrected chi connectivity index (χ0v) is 14.0. The van der Waals surface area contributed by atoms with Gasteiger partial charge in [0.15, 0.2) is 18.1 Å². The summed E-state index contributed by atoms with van der Waals surface area (Å²) in [6.07, 6.45) is -4.36. The molecule has 3 rings (SSSR count). The molecule has 0 aliphatic carbocycles. The van der Waals surface area contributed by atoms with Gasteiger partial charge in [-0.25, -0.2) is 0 Å². The Morgan fingerprint density at radius 1 is 0.960 bits per heavy atom. The summed E-state index contributed by atoms with van der Waals surface area (Å²) >= 11 is 0. The quantitative estimate of drug-likeness (QED) is 0.716. The van der Waals surface area contributed by atoms with Gasteiger partial charge in [-0.1, -0.05) is 20.8 Å². The minimum Gasteiger partial charge on any atom is -0.484 e. The number of hydrogen-bond acceptors (Lipinski definition) is 4. The van der Waals surface area contributed by atoms with Crippen molar-refractivity contribution in [3.63, 3.8) is 0 Å². The Kier molecular flexibility index (Phi) is 4.14. The van der Waals surface area contributed by atoms with Crippen LogP contribution < -0.4 is 4.74 Å². The number of fused-ring (bicyclic) bond motifs is 1. The van der Waals surface area contributed by atoms with Gasteiger partial charge in [0.25, 0.3) is 0 Å². The number of benzene rings is 1. The molecule has 0 saturated heterocycles. The lowest BCUT2D eigenvalue weighted by atomic mass is 9.96. The van der Waals surface area contributed by atoms with Crippen molar-refractivity contribution in [3.05, 3.63) is 42.2 Å². The van der Waals surface area contributed by atoms with Crippen LogP contribution in [0.15, 0.2) is 36.4 Å². The summed E-state index contributed by atoms with van der Waals surface area (Å²) < 4.78 is 43.0. The molecule has 2 heterocycles. The first kappa shape index (κ1) is 17.2. The summed E-state index contributed by atoms with van der Waals surface area (Å²) in [5, 5.41) is 12.8. The molecule has 3 aromatic rings. The van der Waals surface area contributed by atoms with Gasteiger partial charge in [-0.2, -0.15) is 22.8 Å². The molecule has 0 aliphatic rings. The van der Waals surface area contributed by atoms with E-state index in [0.29, 0.717) is 11.3 Å². The van der Waals surface area contributed by atoms with Crippen molar-refractivity contribution in [1.29, 1.82) is 0 Å². The van der Waals surface area contributed by atoms with Gasteiger partial charge < -0.3 is 4.74 Å². The normalized spacial score (nSPS) is 12.6. The average Bonchev–Trinajstić information content (AvgIpc) is 2.96. The number of ether oxygens (including phenoxy) is 1. The molecule has 0 bridgehead atoms. The Hall–Kier alpha value is -2.64. The van der Waals surface area contributed by atoms with Crippen molar-refractivity contribution < 1.29 is 17.9 Å². The molecule has 0 N–H and O–H groups in total. The van der Waals surface area contributed by atoms with Crippen molar-refractivity contribution in [2.45, 2.75) is 32.4 Å². The first-order valence-electron chi connectivity index (χ1n) is 7.66. The lowest BCUT2D eigenvalue weighted by Gasteiger charge is -2.15. The van der Waals surface area contributed by atoms with Crippen LogP contribution in [0.5, 0.6) is 5.75 Å². The van der Waals surface area contributed by atoms with Crippen LogP contribution in [-0.4, -0.2) is 32.6 Å². The third-order valence-corrected chi connectivity index (χ3v) is 3.49. The lowest BCUT2D eigenvalue weighted by Crippen LogP contribution is -2.19. The molecule has 1 aromatic carbocycles. The zero-order chi connectivity index (χ0) is 18.2. The first-order valence-corrected chi connectivity index (χ1v) is 7.66. The van der Waals surface area contributed by atoms with Gasteiger partial charge in [-0.05, 0) is 36.4 Å². The molecule has 5 nitrogen and oxygen atoms in total. The predicted molar refractivity (Wildman–Crippen MR) is 86.5 cm³/mol. The molecule has 8 heteroatoms. The highest BCUT2D eigenvalue weighted by Crippen LogP contribution is 2.25. The van der Waals surface area contributed by atoms with Crippen molar-refractivity contribution in [1.82, 2.24) is 19.8 Å². The number of aromatic nitrogens is 4. The SMILES string of the molecule is CC(C)(C)c1nnc2ccc(-c3ccc(OCC(F)(F)F)cc3)nn12. The number of hydrogen-bond donors (Lipinski definition) is 0. The van der Waals surface area contributed by atoms with Gasteiger partial charge in [0.05, 0.1) is 5.69 Å². The van der Waals surface area contributed by atoms with Gasteiger partial charge in [-0.3, -0.25) is 0 Å². The molecule has 0 radical (unpaired) electrons. The van der Waals surface area contributed by atoms with Crippen LogP contribution in [0.25, 0.3) is 16.9 Å². The molecular weight excluding hydrogens is 333 g/mol. The highest BCUT2D eigenvalue weighted by Gasteiger charge is 2.28. The van der Waals surface area contributed by atoms with Crippen LogP contribution in [0, 0.1) is 0 Å². The van der Waals surface area contributed by atoms with Gasteiger partial charge in [-0.15, -0.1) is 10.2 Å². The van der Waals surface area contributed by atoms with E-state index >= 15 is 0 Å². The van der Waals surface area contributed by atoms with E-state index in [1.807, 2.05) is 20.8 Å². The average molecular weight is 350 g/mol. The second-order valence-corrected chi connectivity index (χ2v) is 6.69. The van der Waals surface area contributed by atoms with Crippen molar-refractivity contribution in [2.75, 3.05) is 6.61 Å². The smallest absolute Gasteiger partial charge is 0.422 e. The molecule has 0 atom stereocenters. The maximum absolute atomic E-state index is 12.2. The highest BCUT2D eigenvalue weighted by atomic mass is 19.4. The van der Waals surface area contributed by atoms with E-state index in [-0.39, 0.29) is 11.2 Å². The third kappa shape index (κ3) is 3.89. The summed E-state index contributed by atoms with van der Waals surface area (Å²) in [7, 11) is 0. The Balaban J connectivity index is 1.89. The Labute approximate surface area is 142 Å². The minimum absolute atomic E-state index is 0.154. The monoisotopic (exact) mass is 350 g/mol. The lowest BCUT2D eigenvalue weighted by molar-refractivity contribution is -0.153. The predicted octanol–water partition coefficient (Wildman–Crippen LogP) is 4.03. The van der Waals surface area contributed by atoms with Crippen LogP contribution in [0.4, 0.5) is 13.2 Å². The third-order valence-electron chi connectivity index (χ3n) is 3.49. The van der Waals surface area contributed by atoms with Crippen molar-refractivity contribution in [2.24, 2.45) is 0 Å². The molecule has 132 valence electrons. The molecular formula is C17H17F3N4O. The standard InChI is InChI=1S/C17H17F3N4O/c1-16(2,3)15-22-21-14-9-8-13(23-24(14)15)11-4-6-12(7-5-11)25-10-17(18,19)20/h4-9H,10H2,1-3H3. The summed E-state index contributed by atoms with van der Waals surface area (Å²) in [5.74, 6) is 0.885. The Bertz CT molecular complexity index is 880. The minimum atomic E-state index is -4.36. The Morgan fingerprint density at radius 3 is 2.24 bits per heavy atom. The largest absolute Gasteiger partial charge is 0.484 e. The second kappa shape index (κ2) is 6.02. The fourth-order valence-electron chi connectivity index (χ4n) is 2.30. The van der Waals surface area contributed by atoms with E-state index in [1.54, 1.807) is 28.8 Å². The van der Waals surface area contributed by atoms with Gasteiger partial charge in [0.2, 0.25) is 0 Å². The molecule has 2 aromatic heterocycles. The summed E-state index contributed by atoms with van der Waals surface area (Å²) in [4.78, 5) is 0. The summed E-state index contributed by atoms with van der Waals surface area (Å²) in [6, 6.07) is 9.91. The summed E-state index contributed by atoms with van der Waals surface area (Å²) in [6.45, 7) is 4.74. The number of halogens is 3. The van der Waals surface area contributed by atoms with Gasteiger partial charge >= 0.3 is 6.18 Å². The van der Waals surface area contributed by atoms with Gasteiger partial charge in [0.1, 0.15) is 5.75 Å². The van der Waals surface area contributed by atoms with Crippen LogP contribution in [0.3, 0.4) is 0 Å². The van der Waals surface area contributed by atoms with E-state index < -0.39 is 12.8 Å². The Morgan fingerprint density at radius 2 is 1.64 bits per heavy atom. The fourth-order valence-corrected chi connectivity index (χ4v) is 2.30. The van der Waals surface area contributed by atoms with E-state index in [0.717, 1.165) is 11.4 Å². The highest BCUT2D eigenvalue weighted by molar-refractivity contribution is 5.61. The summed E-state index contributed by atoms with van der Waals surface area (Å²) in [5.41, 5.74) is 1.84. The van der Waals surface area contributed by atoms with Crippen LogP contribution in [-0.2, 0) is 5.41 Å². The van der Waals surface area contributed by atoms with E-state index in [1.165, 1.54) is 12.1 Å².